The first-order valence-corrected chi connectivity index (χ1v) is 5.38. The highest BCUT2D eigenvalue weighted by Gasteiger charge is 2.01. The lowest BCUT2D eigenvalue weighted by Crippen LogP contribution is -2.17. The van der Waals surface area contributed by atoms with Gasteiger partial charge in [-0.15, -0.1) is 0 Å². The van der Waals surface area contributed by atoms with Gasteiger partial charge in [0.2, 0.25) is 0 Å². The first kappa shape index (κ1) is 11.3. The first-order valence-electron chi connectivity index (χ1n) is 5.38. The minimum Gasteiger partial charge on any atom is -0.364 e. The minimum atomic E-state index is -0.443. The number of aromatic amines is 1. The summed E-state index contributed by atoms with van der Waals surface area (Å²) in [6.07, 6.45) is 0. The Morgan fingerprint density at radius 3 is 2.65 bits per heavy atom. The summed E-state index contributed by atoms with van der Waals surface area (Å²) in [4.78, 5) is 14.8. The molecule has 0 aliphatic rings. The van der Waals surface area contributed by atoms with Gasteiger partial charge in [-0.2, -0.15) is 10.1 Å². The molecule has 5 nitrogen and oxygen atoms in total. The van der Waals surface area contributed by atoms with Crippen LogP contribution in [0.15, 0.2) is 29.1 Å². The normalized spacial score (nSPS) is 10.2. The zero-order valence-corrected chi connectivity index (χ0v) is 9.82. The number of hydrogen-bond donors (Lipinski definition) is 2. The van der Waals surface area contributed by atoms with E-state index in [0.29, 0.717) is 18.1 Å². The Morgan fingerprint density at radius 1 is 1.24 bits per heavy atom. The summed E-state index contributed by atoms with van der Waals surface area (Å²) in [7, 11) is 0. The molecule has 0 saturated carbocycles. The first-order chi connectivity index (χ1) is 8.15. The Labute approximate surface area is 98.9 Å². The van der Waals surface area contributed by atoms with Crippen LogP contribution in [0.4, 0.5) is 5.82 Å². The quantitative estimate of drug-likeness (QED) is 0.836. The van der Waals surface area contributed by atoms with Crippen molar-refractivity contribution in [1.82, 2.24) is 15.2 Å². The average Bonchev–Trinajstić information content (AvgIpc) is 2.32. The third-order valence-electron chi connectivity index (χ3n) is 2.46. The predicted molar refractivity (Wildman–Crippen MR) is 65.9 cm³/mol. The van der Waals surface area contributed by atoms with E-state index in [9.17, 15) is 4.79 Å². The van der Waals surface area contributed by atoms with E-state index >= 15 is 0 Å². The number of nitrogens with one attached hydrogen (secondary N) is 2. The number of aryl methyl sites for hydroxylation is 2. The van der Waals surface area contributed by atoms with Crippen molar-refractivity contribution in [3.8, 4) is 0 Å². The molecule has 0 spiro atoms. The van der Waals surface area contributed by atoms with E-state index in [2.05, 4.69) is 20.5 Å². The summed E-state index contributed by atoms with van der Waals surface area (Å²) in [5.74, 6) is 0.523. The van der Waals surface area contributed by atoms with Crippen molar-refractivity contribution in [2.75, 3.05) is 5.32 Å². The van der Waals surface area contributed by atoms with Crippen molar-refractivity contribution in [1.29, 1.82) is 0 Å². The molecule has 0 fully saturated rings. The third-order valence-corrected chi connectivity index (χ3v) is 2.46. The molecule has 0 atom stereocenters. The molecule has 2 rings (SSSR count). The molecule has 0 radical (unpaired) electrons. The van der Waals surface area contributed by atoms with Crippen LogP contribution in [0.5, 0.6) is 0 Å². The number of H-pyrrole nitrogens is 1. The van der Waals surface area contributed by atoms with Gasteiger partial charge in [0.1, 0.15) is 5.69 Å². The topological polar surface area (TPSA) is 70.7 Å². The van der Waals surface area contributed by atoms with Crippen molar-refractivity contribution >= 4 is 5.82 Å². The molecule has 1 aromatic carbocycles. The van der Waals surface area contributed by atoms with Crippen LogP contribution in [0.3, 0.4) is 0 Å². The van der Waals surface area contributed by atoms with E-state index in [4.69, 9.17) is 0 Å². The molecule has 2 aromatic rings. The van der Waals surface area contributed by atoms with Crippen molar-refractivity contribution in [3.05, 3.63) is 51.6 Å². The summed E-state index contributed by atoms with van der Waals surface area (Å²) < 4.78 is 0. The highest BCUT2D eigenvalue weighted by Crippen LogP contribution is 2.08. The van der Waals surface area contributed by atoms with E-state index < -0.39 is 5.69 Å². The number of hydrogen-bond acceptors (Lipinski definition) is 4. The van der Waals surface area contributed by atoms with Crippen LogP contribution in [0, 0.1) is 13.8 Å². The van der Waals surface area contributed by atoms with Gasteiger partial charge in [0.15, 0.2) is 5.82 Å². The zero-order chi connectivity index (χ0) is 12.3. The maximum atomic E-state index is 11.0. The largest absolute Gasteiger partial charge is 0.364 e. The average molecular weight is 230 g/mol. The number of nitrogens with zero attached hydrogens (tertiary/aromatic N) is 2. The summed E-state index contributed by atoms with van der Waals surface area (Å²) in [6, 6.07) is 8.18. The predicted octanol–water partition coefficient (Wildman–Crippen LogP) is 1.39. The summed E-state index contributed by atoms with van der Waals surface area (Å²) in [6.45, 7) is 4.46. The van der Waals surface area contributed by atoms with E-state index in [1.54, 1.807) is 6.92 Å². The molecule has 1 heterocycles. The van der Waals surface area contributed by atoms with Crippen molar-refractivity contribution in [2.24, 2.45) is 0 Å². The van der Waals surface area contributed by atoms with E-state index in [1.807, 2.05) is 31.2 Å². The second-order valence-corrected chi connectivity index (χ2v) is 3.91. The molecule has 0 bridgehead atoms. The minimum absolute atomic E-state index is 0.443. The van der Waals surface area contributed by atoms with Gasteiger partial charge in [-0.1, -0.05) is 29.8 Å². The van der Waals surface area contributed by atoms with Gasteiger partial charge in [-0.25, -0.2) is 9.89 Å². The number of aromatic nitrogens is 3. The summed E-state index contributed by atoms with van der Waals surface area (Å²) in [5.41, 5.74) is 2.59. The standard InChI is InChI=1S/C12H14N4O/c1-8-3-5-10(6-4-8)7-13-11-9(2)15-16-12(17)14-11/h3-6H,7H2,1-2H3,(H2,13,14,16,17). The molecule has 5 heteroatoms. The second kappa shape index (κ2) is 4.78. The zero-order valence-electron chi connectivity index (χ0n) is 9.82. The lowest BCUT2D eigenvalue weighted by molar-refractivity contribution is 0.874. The Bertz CT molecular complexity index is 559. The maximum absolute atomic E-state index is 11.0. The van der Waals surface area contributed by atoms with Crippen molar-refractivity contribution in [2.45, 2.75) is 20.4 Å². The smallest absolute Gasteiger partial charge is 0.363 e. The van der Waals surface area contributed by atoms with Crippen LogP contribution in [0.2, 0.25) is 0 Å². The molecule has 0 unspecified atom stereocenters. The van der Waals surface area contributed by atoms with Crippen molar-refractivity contribution in [3.63, 3.8) is 0 Å². The fourth-order valence-electron chi connectivity index (χ4n) is 1.45. The van der Waals surface area contributed by atoms with Crippen LogP contribution in [-0.2, 0) is 6.54 Å². The van der Waals surface area contributed by atoms with E-state index in [1.165, 1.54) is 5.56 Å². The Morgan fingerprint density at radius 2 is 1.94 bits per heavy atom. The molecule has 2 N–H and O–H groups in total. The second-order valence-electron chi connectivity index (χ2n) is 3.91. The van der Waals surface area contributed by atoms with Gasteiger partial charge < -0.3 is 5.32 Å². The Hall–Kier alpha value is -2.17. The number of anilines is 1. The van der Waals surface area contributed by atoms with Crippen LogP contribution in [-0.4, -0.2) is 15.2 Å². The molecule has 17 heavy (non-hydrogen) atoms. The molecular formula is C12H14N4O. The summed E-state index contributed by atoms with van der Waals surface area (Å²) in [5, 5.41) is 9.23. The molecule has 0 saturated heterocycles. The monoisotopic (exact) mass is 230 g/mol. The lowest BCUT2D eigenvalue weighted by Gasteiger charge is -2.06. The van der Waals surface area contributed by atoms with Gasteiger partial charge in [0.05, 0.1) is 0 Å². The fourth-order valence-corrected chi connectivity index (χ4v) is 1.45. The van der Waals surface area contributed by atoms with Crippen LogP contribution in [0.1, 0.15) is 16.8 Å². The van der Waals surface area contributed by atoms with Gasteiger partial charge in [0.25, 0.3) is 0 Å². The van der Waals surface area contributed by atoms with Gasteiger partial charge in [0, 0.05) is 6.54 Å². The SMILES string of the molecule is Cc1ccc(CNc2nc(=O)[nH]nc2C)cc1. The van der Waals surface area contributed by atoms with Crippen LogP contribution in [0.25, 0.3) is 0 Å². The summed E-state index contributed by atoms with van der Waals surface area (Å²) >= 11 is 0. The highest BCUT2D eigenvalue weighted by molar-refractivity contribution is 5.38. The van der Waals surface area contributed by atoms with Gasteiger partial charge in [-0.05, 0) is 19.4 Å². The van der Waals surface area contributed by atoms with E-state index in [-0.39, 0.29) is 0 Å². The Balaban J connectivity index is 2.09. The van der Waals surface area contributed by atoms with Crippen molar-refractivity contribution < 1.29 is 0 Å². The molecule has 0 aliphatic heterocycles. The van der Waals surface area contributed by atoms with E-state index in [0.717, 1.165) is 5.56 Å². The van der Waals surface area contributed by atoms with Gasteiger partial charge in [-0.3, -0.25) is 0 Å². The molecular weight excluding hydrogens is 216 g/mol. The lowest BCUT2D eigenvalue weighted by atomic mass is 10.1. The number of benzene rings is 1. The Kier molecular flexibility index (Phi) is 3.18. The molecule has 1 aromatic heterocycles. The third kappa shape index (κ3) is 2.90. The van der Waals surface area contributed by atoms with Crippen LogP contribution >= 0.6 is 0 Å². The number of rotatable bonds is 3. The van der Waals surface area contributed by atoms with Crippen LogP contribution < -0.4 is 11.0 Å². The molecule has 88 valence electrons. The van der Waals surface area contributed by atoms with Gasteiger partial charge >= 0.3 is 5.69 Å². The molecule has 0 aliphatic carbocycles. The molecule has 0 amide bonds. The fraction of sp³-hybridized carbons (Fsp3) is 0.250. The maximum Gasteiger partial charge on any atom is 0.363 e. The highest BCUT2D eigenvalue weighted by atomic mass is 16.1.